The van der Waals surface area contributed by atoms with Gasteiger partial charge in [-0.3, -0.25) is 9.79 Å². The molecule has 1 aromatic heterocycles. The molecule has 3 rings (SSSR count). The number of carbonyl (C=O) groups excluding carboxylic acids is 1. The fourth-order valence-electron chi connectivity index (χ4n) is 4.18. The normalized spacial score (nSPS) is 12.6. The van der Waals surface area contributed by atoms with E-state index >= 15 is 4.39 Å². The predicted molar refractivity (Wildman–Crippen MR) is 144 cm³/mol. The van der Waals surface area contributed by atoms with Crippen molar-refractivity contribution in [2.45, 2.75) is 46.8 Å². The van der Waals surface area contributed by atoms with Gasteiger partial charge in [-0.15, -0.1) is 0 Å². The van der Waals surface area contributed by atoms with Crippen LogP contribution in [0.1, 0.15) is 50.4 Å². The molecule has 7 heteroatoms. The Hall–Kier alpha value is -3.71. The quantitative estimate of drug-likeness (QED) is 0.198. The summed E-state index contributed by atoms with van der Waals surface area (Å²) in [7, 11) is 0. The molecular formula is C29H34FN3O3. The summed E-state index contributed by atoms with van der Waals surface area (Å²) in [5.74, 6) is -0.199. The number of nitrogens with zero attached hydrogens (tertiary/aromatic N) is 2. The lowest BCUT2D eigenvalue weighted by molar-refractivity contribution is -0.142. The van der Waals surface area contributed by atoms with Crippen LogP contribution < -0.4 is 10.5 Å². The maximum absolute atomic E-state index is 15.4. The van der Waals surface area contributed by atoms with E-state index in [1.165, 1.54) is 0 Å². The van der Waals surface area contributed by atoms with Crippen LogP contribution in [0.5, 0.6) is 5.75 Å². The van der Waals surface area contributed by atoms with Crippen molar-refractivity contribution >= 4 is 29.2 Å². The van der Waals surface area contributed by atoms with E-state index in [0.29, 0.717) is 17.9 Å². The Bertz CT molecular complexity index is 1300. The first-order valence-corrected chi connectivity index (χ1v) is 12.1. The molecule has 3 aromatic rings. The summed E-state index contributed by atoms with van der Waals surface area (Å²) in [6.45, 7) is 11.7. The number of nitrogens with two attached hydrogens (primary N) is 1. The second-order valence-corrected chi connectivity index (χ2v) is 8.60. The number of fused-ring (bicyclic) bond motifs is 1. The van der Waals surface area contributed by atoms with Crippen LogP contribution in [0.4, 0.5) is 4.39 Å². The average Bonchev–Trinajstić information content (AvgIpc) is 3.29. The lowest BCUT2D eigenvalue weighted by atomic mass is 9.97. The fraction of sp³-hybridized carbons (Fsp3) is 0.310. The van der Waals surface area contributed by atoms with Crippen molar-refractivity contribution in [1.82, 2.24) is 4.57 Å². The molecule has 0 saturated carbocycles. The molecule has 2 N–H and O–H groups in total. The molecule has 6 nitrogen and oxygen atoms in total. The van der Waals surface area contributed by atoms with Gasteiger partial charge in [0, 0.05) is 40.8 Å². The number of carbonyl (C=O) groups is 1. The predicted octanol–water partition coefficient (Wildman–Crippen LogP) is 6.15. The van der Waals surface area contributed by atoms with E-state index in [9.17, 15) is 4.79 Å². The SMILES string of the molecule is C=N/C(CN)=C(F)\C(=C/C)c1cc(COc2ccccc2CC(=O)OCC)cc2c1ccn2C(C)C. The second-order valence-electron chi connectivity index (χ2n) is 8.60. The molecule has 0 unspecified atom stereocenters. The molecule has 0 fully saturated rings. The van der Waals surface area contributed by atoms with E-state index in [2.05, 4.69) is 36.2 Å². The van der Waals surface area contributed by atoms with E-state index in [1.54, 1.807) is 19.9 Å². The Morgan fingerprint density at radius 2 is 2.00 bits per heavy atom. The van der Waals surface area contributed by atoms with Crippen molar-refractivity contribution in [1.29, 1.82) is 0 Å². The number of halogens is 1. The number of ether oxygens (including phenoxy) is 2. The van der Waals surface area contributed by atoms with Gasteiger partial charge in [-0.05, 0) is 69.8 Å². The highest BCUT2D eigenvalue weighted by Crippen LogP contribution is 2.35. The minimum absolute atomic E-state index is 0.0527. The number of benzene rings is 2. The number of hydrogen-bond acceptors (Lipinski definition) is 5. The van der Waals surface area contributed by atoms with Crippen LogP contribution in [0.25, 0.3) is 16.5 Å². The zero-order valence-corrected chi connectivity index (χ0v) is 21.4. The second kappa shape index (κ2) is 12.3. The van der Waals surface area contributed by atoms with Gasteiger partial charge in [0.15, 0.2) is 5.83 Å². The van der Waals surface area contributed by atoms with Crippen molar-refractivity contribution in [3.8, 4) is 5.75 Å². The Morgan fingerprint density at radius 1 is 1.25 bits per heavy atom. The van der Waals surface area contributed by atoms with Gasteiger partial charge in [0.25, 0.3) is 0 Å². The average molecular weight is 492 g/mol. The molecule has 2 aromatic carbocycles. The molecule has 190 valence electrons. The summed E-state index contributed by atoms with van der Waals surface area (Å²) in [6.07, 6.45) is 3.85. The summed E-state index contributed by atoms with van der Waals surface area (Å²) >= 11 is 0. The minimum atomic E-state index is -0.494. The van der Waals surface area contributed by atoms with Gasteiger partial charge in [-0.25, -0.2) is 4.39 Å². The summed E-state index contributed by atoms with van der Waals surface area (Å²) in [4.78, 5) is 15.8. The van der Waals surface area contributed by atoms with Crippen molar-refractivity contribution < 1.29 is 18.7 Å². The van der Waals surface area contributed by atoms with E-state index in [1.807, 2.05) is 42.6 Å². The van der Waals surface area contributed by atoms with Gasteiger partial charge in [-0.2, -0.15) is 0 Å². The van der Waals surface area contributed by atoms with E-state index in [4.69, 9.17) is 15.2 Å². The van der Waals surface area contributed by atoms with Crippen molar-refractivity contribution in [2.75, 3.05) is 13.2 Å². The summed E-state index contributed by atoms with van der Waals surface area (Å²) in [6, 6.07) is 13.6. The molecule has 0 radical (unpaired) electrons. The van der Waals surface area contributed by atoms with Gasteiger partial charge in [0.05, 0.1) is 18.7 Å². The molecule has 0 amide bonds. The topological polar surface area (TPSA) is 78.8 Å². The zero-order valence-electron chi connectivity index (χ0n) is 21.4. The Labute approximate surface area is 211 Å². The first kappa shape index (κ1) is 26.9. The van der Waals surface area contributed by atoms with Crippen LogP contribution in [0.15, 0.2) is 71.3 Å². The summed E-state index contributed by atoms with van der Waals surface area (Å²) < 4.78 is 28.8. The van der Waals surface area contributed by atoms with Crippen molar-refractivity contribution in [3.05, 3.63) is 83.0 Å². The maximum atomic E-state index is 15.4. The number of aromatic nitrogens is 1. The van der Waals surface area contributed by atoms with Crippen LogP contribution in [-0.2, 0) is 22.6 Å². The van der Waals surface area contributed by atoms with Crippen molar-refractivity contribution in [2.24, 2.45) is 10.7 Å². The van der Waals surface area contributed by atoms with Gasteiger partial charge in [0.2, 0.25) is 0 Å². The fourth-order valence-corrected chi connectivity index (χ4v) is 4.18. The molecule has 0 aliphatic heterocycles. The van der Waals surface area contributed by atoms with Gasteiger partial charge in [-0.1, -0.05) is 24.3 Å². The lowest BCUT2D eigenvalue weighted by Gasteiger charge is -2.16. The molecule has 0 atom stereocenters. The standard InChI is InChI=1S/C29H34FN3O3/c1-6-22(29(30)25(17-31)32-5)24-14-20(15-26-23(24)12-13-33(26)19(3)4)18-36-27-11-9-8-10-21(27)16-28(34)35-7-2/h6,8-15,19H,5,7,16-18,31H2,1-4H3/b22-6-,29-25+. The third-order valence-electron chi connectivity index (χ3n) is 5.91. The number of esters is 1. The number of rotatable bonds is 11. The number of hydrogen-bond donors (Lipinski definition) is 1. The van der Waals surface area contributed by atoms with E-state index in [-0.39, 0.29) is 37.3 Å². The Balaban J connectivity index is 2.05. The molecule has 0 bridgehead atoms. The first-order chi connectivity index (χ1) is 17.3. The smallest absolute Gasteiger partial charge is 0.310 e. The van der Waals surface area contributed by atoms with Crippen LogP contribution in [0, 0.1) is 0 Å². The molecule has 0 spiro atoms. The van der Waals surface area contributed by atoms with Gasteiger partial charge in [0.1, 0.15) is 12.4 Å². The number of aliphatic imine (C=N–C) groups is 1. The molecule has 36 heavy (non-hydrogen) atoms. The molecule has 0 aliphatic rings. The Kier molecular flexibility index (Phi) is 9.19. The monoisotopic (exact) mass is 491 g/mol. The largest absolute Gasteiger partial charge is 0.489 e. The highest BCUT2D eigenvalue weighted by molar-refractivity contribution is 5.97. The van der Waals surface area contributed by atoms with E-state index < -0.39 is 5.83 Å². The van der Waals surface area contributed by atoms with Crippen LogP contribution in [0.3, 0.4) is 0 Å². The maximum Gasteiger partial charge on any atom is 0.310 e. The summed E-state index contributed by atoms with van der Waals surface area (Å²) in [5, 5.41) is 0.916. The molecule has 1 heterocycles. The number of para-hydroxylation sites is 1. The van der Waals surface area contributed by atoms with Crippen LogP contribution >= 0.6 is 0 Å². The molecule has 0 aliphatic carbocycles. The summed E-state index contributed by atoms with van der Waals surface area (Å²) in [5.41, 5.74) is 9.51. The lowest BCUT2D eigenvalue weighted by Crippen LogP contribution is -2.09. The van der Waals surface area contributed by atoms with Crippen LogP contribution in [-0.4, -0.2) is 30.4 Å². The highest BCUT2D eigenvalue weighted by atomic mass is 19.1. The van der Waals surface area contributed by atoms with Gasteiger partial charge >= 0.3 is 5.97 Å². The van der Waals surface area contributed by atoms with Gasteiger partial charge < -0.3 is 19.8 Å². The third-order valence-corrected chi connectivity index (χ3v) is 5.91. The third kappa shape index (κ3) is 5.91. The Morgan fingerprint density at radius 3 is 2.64 bits per heavy atom. The first-order valence-electron chi connectivity index (χ1n) is 12.1. The zero-order chi connectivity index (χ0) is 26.2. The van der Waals surface area contributed by atoms with Crippen LogP contribution in [0.2, 0.25) is 0 Å². The highest BCUT2D eigenvalue weighted by Gasteiger charge is 2.18. The number of allylic oxidation sites excluding steroid dienone is 3. The minimum Gasteiger partial charge on any atom is -0.489 e. The molecule has 0 saturated heterocycles. The van der Waals surface area contributed by atoms with E-state index in [0.717, 1.165) is 27.6 Å². The molecular weight excluding hydrogens is 457 g/mol. The van der Waals surface area contributed by atoms with Crippen molar-refractivity contribution in [3.63, 3.8) is 0 Å².